The zero-order chi connectivity index (χ0) is 11.4. The Labute approximate surface area is 102 Å². The van der Waals surface area contributed by atoms with E-state index in [-0.39, 0.29) is 0 Å². The normalized spacial score (nSPS) is 11.4. The summed E-state index contributed by atoms with van der Waals surface area (Å²) in [5.74, 6) is 0. The van der Waals surface area contributed by atoms with E-state index in [4.69, 9.17) is 0 Å². The van der Waals surface area contributed by atoms with Gasteiger partial charge in [-0.2, -0.15) is 11.2 Å². The van der Waals surface area contributed by atoms with E-state index >= 15 is 0 Å². The lowest BCUT2D eigenvalue weighted by molar-refractivity contribution is 1.71. The second-order valence-corrected chi connectivity index (χ2v) is 11.3. The van der Waals surface area contributed by atoms with Gasteiger partial charge in [-0.05, 0) is 16.6 Å². The summed E-state index contributed by atoms with van der Waals surface area (Å²) in [6, 6.07) is 21.8. The van der Waals surface area contributed by atoms with Crippen molar-refractivity contribution in [2.75, 3.05) is 6.26 Å². The molecule has 0 bridgehead atoms. The Balaban J connectivity index is 2.49. The average molecular weight is 244 g/mol. The predicted octanol–water partition coefficient (Wildman–Crippen LogP) is 2.74. The molecule has 0 aliphatic heterocycles. The SMILES string of the molecule is CS[Si](C)(c1ccccc1)c1ccccc1. The fourth-order valence-electron chi connectivity index (χ4n) is 1.91. The Bertz CT molecular complexity index is 399. The van der Waals surface area contributed by atoms with Crippen LogP contribution in [0.4, 0.5) is 0 Å². The van der Waals surface area contributed by atoms with Crippen molar-refractivity contribution in [2.45, 2.75) is 6.55 Å². The van der Waals surface area contributed by atoms with Crippen molar-refractivity contribution in [3.05, 3.63) is 60.7 Å². The number of benzene rings is 2. The van der Waals surface area contributed by atoms with Crippen LogP contribution < -0.4 is 10.4 Å². The van der Waals surface area contributed by atoms with Crippen LogP contribution >= 0.6 is 11.2 Å². The van der Waals surface area contributed by atoms with Crippen molar-refractivity contribution >= 4 is 28.8 Å². The molecule has 0 saturated carbocycles. The minimum atomic E-state index is -1.56. The van der Waals surface area contributed by atoms with Gasteiger partial charge in [0.05, 0.1) is 0 Å². The first-order valence-electron chi connectivity index (χ1n) is 5.43. The molecule has 2 aromatic carbocycles. The van der Waals surface area contributed by atoms with Gasteiger partial charge in [0.25, 0.3) is 0 Å². The lowest BCUT2D eigenvalue weighted by atomic mass is 10.4. The predicted molar refractivity (Wildman–Crippen MR) is 77.3 cm³/mol. The molecule has 2 heteroatoms. The Hall–Kier alpha value is -0.993. The van der Waals surface area contributed by atoms with Crippen LogP contribution in [0, 0.1) is 0 Å². The first kappa shape index (κ1) is 11.5. The summed E-state index contributed by atoms with van der Waals surface area (Å²) in [7, 11) is -1.56. The largest absolute Gasteiger partial charge is 0.177 e. The van der Waals surface area contributed by atoms with Crippen molar-refractivity contribution in [1.82, 2.24) is 0 Å². The van der Waals surface area contributed by atoms with Gasteiger partial charge >= 0.3 is 0 Å². The summed E-state index contributed by atoms with van der Waals surface area (Å²) in [6.07, 6.45) is 2.23. The maximum Gasteiger partial charge on any atom is 0.174 e. The highest BCUT2D eigenvalue weighted by Crippen LogP contribution is 2.17. The third-order valence-corrected chi connectivity index (χ3v) is 10.6. The van der Waals surface area contributed by atoms with Crippen molar-refractivity contribution < 1.29 is 0 Å². The van der Waals surface area contributed by atoms with Gasteiger partial charge in [0.1, 0.15) is 0 Å². The van der Waals surface area contributed by atoms with Crippen LogP contribution in [0.3, 0.4) is 0 Å². The fourth-order valence-corrected chi connectivity index (χ4v) is 6.61. The van der Waals surface area contributed by atoms with E-state index in [1.165, 1.54) is 10.4 Å². The third-order valence-electron chi connectivity index (χ3n) is 3.06. The quantitative estimate of drug-likeness (QED) is 0.748. The van der Waals surface area contributed by atoms with Gasteiger partial charge in [0.2, 0.25) is 0 Å². The van der Waals surface area contributed by atoms with Gasteiger partial charge < -0.3 is 0 Å². The van der Waals surface area contributed by atoms with E-state index in [1.807, 2.05) is 11.2 Å². The summed E-state index contributed by atoms with van der Waals surface area (Å²) >= 11 is 2.02. The molecular weight excluding hydrogens is 228 g/mol. The summed E-state index contributed by atoms with van der Waals surface area (Å²) in [5.41, 5.74) is 0. The Morgan fingerprint density at radius 2 is 1.12 bits per heavy atom. The van der Waals surface area contributed by atoms with Gasteiger partial charge in [-0.25, -0.2) is 0 Å². The molecule has 16 heavy (non-hydrogen) atoms. The molecule has 0 fully saturated rings. The molecule has 2 aromatic rings. The highest BCUT2D eigenvalue weighted by Gasteiger charge is 2.30. The molecule has 0 atom stereocenters. The molecule has 0 N–H and O–H groups in total. The minimum absolute atomic E-state index is 1.49. The molecule has 0 aliphatic rings. The molecule has 0 aliphatic carbocycles. The molecule has 0 saturated heterocycles. The number of rotatable bonds is 3. The van der Waals surface area contributed by atoms with E-state index in [1.54, 1.807) is 0 Å². The first-order chi connectivity index (χ1) is 7.77. The zero-order valence-electron chi connectivity index (χ0n) is 9.68. The smallest absolute Gasteiger partial charge is 0.174 e. The Kier molecular flexibility index (Phi) is 3.51. The van der Waals surface area contributed by atoms with E-state index < -0.39 is 7.22 Å². The van der Waals surface area contributed by atoms with Crippen molar-refractivity contribution in [3.8, 4) is 0 Å². The number of hydrogen-bond acceptors (Lipinski definition) is 1. The fraction of sp³-hybridized carbons (Fsp3) is 0.143. The van der Waals surface area contributed by atoms with Crippen LogP contribution in [0.2, 0.25) is 6.55 Å². The van der Waals surface area contributed by atoms with Gasteiger partial charge in [0.15, 0.2) is 7.22 Å². The highest BCUT2D eigenvalue weighted by molar-refractivity contribution is 8.31. The van der Waals surface area contributed by atoms with Gasteiger partial charge in [0, 0.05) is 0 Å². The van der Waals surface area contributed by atoms with Crippen LogP contribution in [0.5, 0.6) is 0 Å². The maximum atomic E-state index is 2.42. The summed E-state index contributed by atoms with van der Waals surface area (Å²) in [5, 5.41) is 2.99. The zero-order valence-corrected chi connectivity index (χ0v) is 11.5. The van der Waals surface area contributed by atoms with Crippen LogP contribution in [-0.2, 0) is 0 Å². The molecule has 0 nitrogen and oxygen atoms in total. The van der Waals surface area contributed by atoms with E-state index in [0.717, 1.165) is 0 Å². The average Bonchev–Trinajstić information content (AvgIpc) is 2.40. The molecule has 0 aromatic heterocycles. The lowest BCUT2D eigenvalue weighted by Crippen LogP contribution is -2.52. The summed E-state index contributed by atoms with van der Waals surface area (Å²) in [4.78, 5) is 0. The molecule has 0 spiro atoms. The van der Waals surface area contributed by atoms with Gasteiger partial charge in [-0.15, -0.1) is 0 Å². The molecule has 2 rings (SSSR count). The molecular formula is C14H16SSi. The van der Waals surface area contributed by atoms with E-state index in [9.17, 15) is 0 Å². The molecule has 0 unspecified atom stereocenters. The van der Waals surface area contributed by atoms with Crippen molar-refractivity contribution in [1.29, 1.82) is 0 Å². The molecule has 82 valence electrons. The first-order valence-corrected chi connectivity index (χ1v) is 9.88. The van der Waals surface area contributed by atoms with Crippen LogP contribution in [0.15, 0.2) is 60.7 Å². The van der Waals surface area contributed by atoms with Crippen LogP contribution in [0.1, 0.15) is 0 Å². The monoisotopic (exact) mass is 244 g/mol. The number of hydrogen-bond donors (Lipinski definition) is 0. The molecule has 0 amide bonds. The highest BCUT2D eigenvalue weighted by atomic mass is 32.4. The summed E-state index contributed by atoms with van der Waals surface area (Å²) in [6.45, 7) is 2.42. The standard InChI is InChI=1S/C14H16SSi/c1-15-16(2,13-9-5-3-6-10-13)14-11-7-4-8-12-14/h3-12H,1-2H3. The van der Waals surface area contributed by atoms with E-state index in [2.05, 4.69) is 73.5 Å². The van der Waals surface area contributed by atoms with Crippen molar-refractivity contribution in [2.24, 2.45) is 0 Å². The second kappa shape index (κ2) is 4.89. The molecule has 0 heterocycles. The third kappa shape index (κ3) is 2.08. The van der Waals surface area contributed by atoms with Gasteiger partial charge in [-0.3, -0.25) is 0 Å². The van der Waals surface area contributed by atoms with Gasteiger partial charge in [-0.1, -0.05) is 67.2 Å². The lowest BCUT2D eigenvalue weighted by Gasteiger charge is -2.26. The van der Waals surface area contributed by atoms with Crippen LogP contribution in [-0.4, -0.2) is 13.5 Å². The Morgan fingerprint density at radius 1 is 0.750 bits per heavy atom. The molecule has 0 radical (unpaired) electrons. The topological polar surface area (TPSA) is 0 Å². The minimum Gasteiger partial charge on any atom is -0.177 e. The maximum absolute atomic E-state index is 2.42. The summed E-state index contributed by atoms with van der Waals surface area (Å²) < 4.78 is 0. The van der Waals surface area contributed by atoms with Crippen molar-refractivity contribution in [3.63, 3.8) is 0 Å². The Morgan fingerprint density at radius 3 is 1.44 bits per heavy atom. The van der Waals surface area contributed by atoms with E-state index in [0.29, 0.717) is 0 Å². The second-order valence-electron chi connectivity index (χ2n) is 3.97. The van der Waals surface area contributed by atoms with Crippen LogP contribution in [0.25, 0.3) is 0 Å².